The van der Waals surface area contributed by atoms with Crippen molar-refractivity contribution in [3.05, 3.63) is 76.4 Å². The summed E-state index contributed by atoms with van der Waals surface area (Å²) >= 11 is 0. The third kappa shape index (κ3) is 5.27. The van der Waals surface area contributed by atoms with Gasteiger partial charge >= 0.3 is 6.18 Å². The van der Waals surface area contributed by atoms with Gasteiger partial charge in [-0.25, -0.2) is 0 Å². The van der Waals surface area contributed by atoms with E-state index >= 15 is 0 Å². The number of halogens is 3. The second-order valence-electron chi connectivity index (χ2n) is 5.80. The molecule has 0 saturated carbocycles. The van der Waals surface area contributed by atoms with Crippen LogP contribution in [0.2, 0.25) is 0 Å². The van der Waals surface area contributed by atoms with E-state index < -0.39 is 11.7 Å². The van der Waals surface area contributed by atoms with Crippen molar-refractivity contribution in [2.75, 3.05) is 0 Å². The van der Waals surface area contributed by atoms with Gasteiger partial charge in [0.1, 0.15) is 0 Å². The molecule has 0 aliphatic rings. The normalized spacial score (nSPS) is 12.5. The molecular formula is C19H19F3N4. The zero-order valence-electron chi connectivity index (χ0n) is 14.2. The molecule has 0 spiro atoms. The van der Waals surface area contributed by atoms with E-state index in [2.05, 4.69) is 10.3 Å². The van der Waals surface area contributed by atoms with Crippen molar-refractivity contribution in [3.8, 4) is 0 Å². The molecule has 0 atom stereocenters. The Hall–Kier alpha value is -2.96. The van der Waals surface area contributed by atoms with Gasteiger partial charge in [0.25, 0.3) is 0 Å². The number of aryl methyl sites for hydroxylation is 2. The summed E-state index contributed by atoms with van der Waals surface area (Å²) in [5.41, 5.74) is 15.1. The number of alkyl halides is 3. The fourth-order valence-electron chi connectivity index (χ4n) is 2.45. The van der Waals surface area contributed by atoms with Crippen molar-refractivity contribution >= 4 is 11.9 Å². The van der Waals surface area contributed by atoms with E-state index in [1.54, 1.807) is 12.1 Å². The van der Waals surface area contributed by atoms with E-state index in [1.807, 2.05) is 31.2 Å². The molecule has 4 nitrogen and oxygen atoms in total. The molecule has 0 radical (unpaired) electrons. The molecule has 2 aromatic carbocycles. The second-order valence-corrected chi connectivity index (χ2v) is 5.80. The SMILES string of the molecule is Cc1ccc(C(N)=NN=N)cc1/C=C\CCc1cccc(C(F)(F)F)c1. The number of nitrogens with two attached hydrogens (primary N) is 1. The lowest BCUT2D eigenvalue weighted by atomic mass is 10.0. The first-order valence-corrected chi connectivity index (χ1v) is 7.95. The lowest BCUT2D eigenvalue weighted by Crippen LogP contribution is -2.12. The first-order valence-electron chi connectivity index (χ1n) is 7.95. The lowest BCUT2D eigenvalue weighted by molar-refractivity contribution is -0.137. The first-order chi connectivity index (χ1) is 12.3. The van der Waals surface area contributed by atoms with Crippen LogP contribution < -0.4 is 5.73 Å². The summed E-state index contributed by atoms with van der Waals surface area (Å²) in [5.74, 6) is 0.151. The Kier molecular flexibility index (Phi) is 6.27. The number of nitrogens with one attached hydrogen (secondary N) is 1. The largest absolute Gasteiger partial charge is 0.416 e. The summed E-state index contributed by atoms with van der Waals surface area (Å²) in [4.78, 5) is 0. The van der Waals surface area contributed by atoms with Crippen molar-refractivity contribution in [1.82, 2.24) is 0 Å². The minimum absolute atomic E-state index is 0.151. The average Bonchev–Trinajstić information content (AvgIpc) is 2.60. The Morgan fingerprint density at radius 1 is 1.19 bits per heavy atom. The zero-order chi connectivity index (χ0) is 19.2. The van der Waals surface area contributed by atoms with E-state index in [-0.39, 0.29) is 5.84 Å². The predicted octanol–water partition coefficient (Wildman–Crippen LogP) is 5.31. The molecule has 0 heterocycles. The van der Waals surface area contributed by atoms with Crippen molar-refractivity contribution in [2.24, 2.45) is 16.1 Å². The fourth-order valence-corrected chi connectivity index (χ4v) is 2.45. The van der Waals surface area contributed by atoms with E-state index in [1.165, 1.54) is 12.1 Å². The van der Waals surface area contributed by atoms with Crippen LogP contribution in [0, 0.1) is 12.5 Å². The molecule has 0 amide bonds. The summed E-state index contributed by atoms with van der Waals surface area (Å²) in [6.45, 7) is 1.94. The summed E-state index contributed by atoms with van der Waals surface area (Å²) < 4.78 is 38.2. The van der Waals surface area contributed by atoms with Crippen molar-refractivity contribution < 1.29 is 13.2 Å². The first kappa shape index (κ1) is 19.4. The van der Waals surface area contributed by atoms with Crippen LogP contribution in [0.5, 0.6) is 0 Å². The Bertz CT molecular complexity index is 839. The summed E-state index contributed by atoms with van der Waals surface area (Å²) in [5, 5.41) is 6.41. The van der Waals surface area contributed by atoms with Gasteiger partial charge in [-0.3, -0.25) is 0 Å². The highest BCUT2D eigenvalue weighted by atomic mass is 19.4. The van der Waals surface area contributed by atoms with E-state index in [0.717, 1.165) is 17.2 Å². The molecule has 0 bridgehead atoms. The van der Waals surface area contributed by atoms with Gasteiger partial charge in [0.2, 0.25) is 0 Å². The molecule has 7 heteroatoms. The van der Waals surface area contributed by atoms with Crippen LogP contribution in [-0.2, 0) is 12.6 Å². The van der Waals surface area contributed by atoms with Crippen LogP contribution in [-0.4, -0.2) is 5.84 Å². The highest BCUT2D eigenvalue weighted by Crippen LogP contribution is 2.29. The number of benzene rings is 2. The summed E-state index contributed by atoms with van der Waals surface area (Å²) in [6, 6.07) is 10.9. The van der Waals surface area contributed by atoms with Gasteiger partial charge in [0.05, 0.1) is 5.56 Å². The van der Waals surface area contributed by atoms with Gasteiger partial charge in [-0.1, -0.05) is 47.7 Å². The van der Waals surface area contributed by atoms with Crippen molar-refractivity contribution in [3.63, 3.8) is 0 Å². The van der Waals surface area contributed by atoms with Crippen LogP contribution in [0.15, 0.2) is 58.9 Å². The second kappa shape index (κ2) is 8.42. The lowest BCUT2D eigenvalue weighted by Gasteiger charge is -2.08. The van der Waals surface area contributed by atoms with Gasteiger partial charge in [0.15, 0.2) is 5.84 Å². The molecule has 0 aliphatic heterocycles. The molecule has 0 saturated heterocycles. The third-order valence-corrected chi connectivity index (χ3v) is 3.88. The number of allylic oxidation sites excluding steroid dienone is 1. The summed E-state index contributed by atoms with van der Waals surface area (Å²) in [7, 11) is 0. The van der Waals surface area contributed by atoms with Gasteiger partial charge < -0.3 is 5.73 Å². The Morgan fingerprint density at radius 2 is 1.96 bits per heavy atom. The van der Waals surface area contributed by atoms with Crippen LogP contribution in [0.25, 0.3) is 6.08 Å². The maximum absolute atomic E-state index is 12.7. The van der Waals surface area contributed by atoms with Crippen LogP contribution in [0.1, 0.15) is 34.2 Å². The van der Waals surface area contributed by atoms with Crippen molar-refractivity contribution in [1.29, 1.82) is 5.53 Å². The Balaban J connectivity index is 2.06. The Morgan fingerprint density at radius 3 is 2.65 bits per heavy atom. The number of hydrogen-bond acceptors (Lipinski definition) is 2. The van der Waals surface area contributed by atoms with Crippen LogP contribution in [0.4, 0.5) is 13.2 Å². The minimum Gasteiger partial charge on any atom is -0.382 e. The molecule has 0 fully saturated rings. The van der Waals surface area contributed by atoms with Crippen molar-refractivity contribution in [2.45, 2.75) is 25.9 Å². The molecule has 0 aromatic heterocycles. The molecule has 0 aliphatic carbocycles. The molecule has 2 rings (SSSR count). The Labute approximate surface area is 149 Å². The highest BCUT2D eigenvalue weighted by molar-refractivity contribution is 5.97. The van der Waals surface area contributed by atoms with Gasteiger partial charge in [-0.05, 0) is 48.6 Å². The van der Waals surface area contributed by atoms with Gasteiger partial charge in [-0.2, -0.15) is 18.7 Å². The summed E-state index contributed by atoms with van der Waals surface area (Å²) in [6.07, 6.45) is 0.611. The quantitative estimate of drug-likeness (QED) is 0.311. The smallest absolute Gasteiger partial charge is 0.382 e. The fraction of sp³-hybridized carbons (Fsp3) is 0.211. The number of hydrogen-bond donors (Lipinski definition) is 2. The molecular weight excluding hydrogens is 341 g/mol. The third-order valence-electron chi connectivity index (χ3n) is 3.88. The monoisotopic (exact) mass is 360 g/mol. The maximum Gasteiger partial charge on any atom is 0.416 e. The van der Waals surface area contributed by atoms with Crippen LogP contribution in [0.3, 0.4) is 0 Å². The maximum atomic E-state index is 12.7. The number of rotatable bonds is 6. The molecule has 26 heavy (non-hydrogen) atoms. The zero-order valence-corrected chi connectivity index (χ0v) is 14.2. The molecule has 136 valence electrons. The minimum atomic E-state index is -4.32. The van der Waals surface area contributed by atoms with E-state index in [9.17, 15) is 13.2 Å². The molecule has 3 N–H and O–H groups in total. The highest BCUT2D eigenvalue weighted by Gasteiger charge is 2.30. The van der Waals surface area contributed by atoms with E-state index in [4.69, 9.17) is 11.3 Å². The van der Waals surface area contributed by atoms with Gasteiger partial charge in [0, 0.05) is 5.56 Å². The standard InChI is InChI=1S/C19H19F3N4/c1-13-9-10-16(18(23)25-26-24)12-15(13)7-3-2-5-14-6-4-8-17(11-14)19(20,21)22/h3-4,6-12H,2,5H2,1H3,(H3,23,24,25)/b7-3-. The van der Waals surface area contributed by atoms with Gasteiger partial charge in [-0.15, -0.1) is 5.10 Å². The van der Waals surface area contributed by atoms with Crippen LogP contribution >= 0.6 is 0 Å². The topological polar surface area (TPSA) is 74.6 Å². The predicted molar refractivity (Wildman–Crippen MR) is 95.9 cm³/mol. The molecule has 2 aromatic rings. The number of nitrogens with zero attached hydrogens (tertiary/aromatic N) is 2. The van der Waals surface area contributed by atoms with E-state index in [0.29, 0.717) is 24.0 Å². The number of amidine groups is 1. The average molecular weight is 360 g/mol. The molecule has 0 unspecified atom stereocenters.